The van der Waals surface area contributed by atoms with Gasteiger partial charge in [-0.25, -0.2) is 0 Å². The molecule has 0 saturated heterocycles. The third-order valence-corrected chi connectivity index (χ3v) is 3.73. The number of rotatable bonds is 5. The average molecular weight is 290 g/mol. The highest BCUT2D eigenvalue weighted by atomic mass is 16.5. The zero-order chi connectivity index (χ0) is 14.9. The first-order valence-electron chi connectivity index (χ1n) is 6.99. The summed E-state index contributed by atoms with van der Waals surface area (Å²) < 4.78 is 6.85. The molecule has 3 rings (SSSR count). The molecule has 7 heteroatoms. The molecule has 2 aromatic heterocycles. The fourth-order valence-electron chi connectivity index (χ4n) is 2.30. The van der Waals surface area contributed by atoms with Crippen molar-refractivity contribution < 1.29 is 14.4 Å². The third-order valence-electron chi connectivity index (χ3n) is 3.73. The lowest BCUT2D eigenvalue weighted by atomic mass is 9.80. The Kier molecular flexibility index (Phi) is 3.50. The van der Waals surface area contributed by atoms with Crippen molar-refractivity contribution in [3.63, 3.8) is 0 Å². The predicted molar refractivity (Wildman–Crippen MR) is 73.7 cm³/mol. The number of nitrogens with zero attached hydrogens (tertiary/aromatic N) is 3. The topological polar surface area (TPSA) is 93.2 Å². The molecule has 0 radical (unpaired) electrons. The summed E-state index contributed by atoms with van der Waals surface area (Å²) in [5.74, 6) is 0.229. The fraction of sp³-hybridized carbons (Fsp3) is 0.500. The lowest BCUT2D eigenvalue weighted by molar-refractivity contribution is -0.0301. The molecular formula is C14H18N4O3. The number of aromatic nitrogens is 3. The fourth-order valence-corrected chi connectivity index (χ4v) is 2.30. The van der Waals surface area contributed by atoms with Gasteiger partial charge in [0.15, 0.2) is 11.5 Å². The number of hydrogen-bond donors (Lipinski definition) is 2. The van der Waals surface area contributed by atoms with Crippen LogP contribution in [-0.4, -0.2) is 38.1 Å². The van der Waals surface area contributed by atoms with E-state index in [1.54, 1.807) is 16.9 Å². The number of hydrogen-bond acceptors (Lipinski definition) is 5. The number of carbonyl (C=O) groups excluding carboxylic acids is 1. The van der Waals surface area contributed by atoms with E-state index in [0.29, 0.717) is 12.3 Å². The van der Waals surface area contributed by atoms with Gasteiger partial charge < -0.3 is 14.9 Å². The SMILES string of the molecule is Cc1cnn(Cc2cc(C(=O)NCC3(O)CCC3)no2)c1. The van der Waals surface area contributed by atoms with E-state index in [2.05, 4.69) is 15.6 Å². The monoisotopic (exact) mass is 290 g/mol. The van der Waals surface area contributed by atoms with Crippen LogP contribution in [0.15, 0.2) is 23.0 Å². The van der Waals surface area contributed by atoms with Gasteiger partial charge in [0.05, 0.1) is 11.8 Å². The number of amides is 1. The van der Waals surface area contributed by atoms with Gasteiger partial charge in [-0.3, -0.25) is 9.48 Å². The maximum atomic E-state index is 11.9. The highest BCUT2D eigenvalue weighted by Gasteiger charge is 2.34. The Morgan fingerprint density at radius 2 is 2.38 bits per heavy atom. The van der Waals surface area contributed by atoms with E-state index in [1.165, 1.54) is 0 Å². The first kappa shape index (κ1) is 13.8. The van der Waals surface area contributed by atoms with Crippen LogP contribution in [0.25, 0.3) is 0 Å². The molecule has 0 aromatic carbocycles. The maximum absolute atomic E-state index is 11.9. The molecule has 2 N–H and O–H groups in total. The average Bonchev–Trinajstić information content (AvgIpc) is 3.04. The minimum atomic E-state index is -0.741. The van der Waals surface area contributed by atoms with Crippen LogP contribution in [0, 0.1) is 6.92 Å². The quantitative estimate of drug-likeness (QED) is 0.852. The highest BCUT2D eigenvalue weighted by molar-refractivity contribution is 5.92. The van der Waals surface area contributed by atoms with Gasteiger partial charge in [0.25, 0.3) is 5.91 Å². The third kappa shape index (κ3) is 3.13. The predicted octanol–water partition coefficient (Wildman–Crippen LogP) is 0.873. The summed E-state index contributed by atoms with van der Waals surface area (Å²) in [5, 5.41) is 20.5. The van der Waals surface area contributed by atoms with Crippen molar-refractivity contribution in [2.24, 2.45) is 0 Å². The van der Waals surface area contributed by atoms with E-state index in [9.17, 15) is 9.90 Å². The zero-order valence-electron chi connectivity index (χ0n) is 11.9. The first-order chi connectivity index (χ1) is 10.0. The van der Waals surface area contributed by atoms with Gasteiger partial charge in [-0.1, -0.05) is 5.16 Å². The normalized spacial score (nSPS) is 16.5. The molecule has 0 bridgehead atoms. The van der Waals surface area contributed by atoms with Crippen LogP contribution in [0.2, 0.25) is 0 Å². The van der Waals surface area contributed by atoms with Crippen LogP contribution in [-0.2, 0) is 6.54 Å². The van der Waals surface area contributed by atoms with Crippen LogP contribution in [0.1, 0.15) is 41.1 Å². The summed E-state index contributed by atoms with van der Waals surface area (Å²) in [5.41, 5.74) is 0.535. The molecule has 1 aliphatic carbocycles. The van der Waals surface area contributed by atoms with E-state index in [1.807, 2.05) is 13.1 Å². The second-order valence-electron chi connectivity index (χ2n) is 5.65. The van der Waals surface area contributed by atoms with Crippen molar-refractivity contribution in [1.29, 1.82) is 0 Å². The molecule has 1 aliphatic rings. The molecule has 0 atom stereocenters. The highest BCUT2D eigenvalue weighted by Crippen LogP contribution is 2.30. The van der Waals surface area contributed by atoms with Crippen LogP contribution in [0.4, 0.5) is 0 Å². The van der Waals surface area contributed by atoms with Gasteiger partial charge in [0.1, 0.15) is 6.54 Å². The summed E-state index contributed by atoms with van der Waals surface area (Å²) >= 11 is 0. The molecule has 2 heterocycles. The van der Waals surface area contributed by atoms with Gasteiger partial charge in [-0.2, -0.15) is 5.10 Å². The van der Waals surface area contributed by atoms with Crippen LogP contribution in [0.5, 0.6) is 0 Å². The van der Waals surface area contributed by atoms with Crippen LogP contribution >= 0.6 is 0 Å². The Bertz CT molecular complexity index is 642. The zero-order valence-corrected chi connectivity index (χ0v) is 11.9. The van der Waals surface area contributed by atoms with E-state index in [4.69, 9.17) is 4.52 Å². The van der Waals surface area contributed by atoms with Crippen LogP contribution < -0.4 is 5.32 Å². The van der Waals surface area contributed by atoms with Crippen molar-refractivity contribution in [3.8, 4) is 0 Å². The molecule has 0 spiro atoms. The Balaban J connectivity index is 1.57. The lowest BCUT2D eigenvalue weighted by Crippen LogP contribution is -2.47. The van der Waals surface area contributed by atoms with Gasteiger partial charge in [0.2, 0.25) is 0 Å². The summed E-state index contributed by atoms with van der Waals surface area (Å²) in [6.07, 6.45) is 6.10. The Morgan fingerprint density at radius 3 is 3.00 bits per heavy atom. The number of aryl methyl sites for hydroxylation is 1. The number of nitrogens with one attached hydrogen (secondary N) is 1. The molecule has 1 amide bonds. The molecule has 7 nitrogen and oxygen atoms in total. The number of aliphatic hydroxyl groups is 1. The largest absolute Gasteiger partial charge is 0.388 e. The molecule has 1 fully saturated rings. The summed E-state index contributed by atoms with van der Waals surface area (Å²) in [6, 6.07) is 1.59. The van der Waals surface area contributed by atoms with Gasteiger partial charge in [-0.05, 0) is 31.7 Å². The Morgan fingerprint density at radius 1 is 1.57 bits per heavy atom. The Labute approximate surface area is 121 Å². The minimum Gasteiger partial charge on any atom is -0.388 e. The van der Waals surface area contributed by atoms with Gasteiger partial charge >= 0.3 is 0 Å². The second kappa shape index (κ2) is 5.33. The summed E-state index contributed by atoms with van der Waals surface area (Å²) in [4.78, 5) is 11.9. The molecule has 2 aromatic rings. The standard InChI is InChI=1S/C14H18N4O3/c1-10-6-16-18(7-10)8-11-5-12(17-21-11)13(19)15-9-14(20)3-2-4-14/h5-7,20H,2-4,8-9H2,1H3,(H,15,19). The molecule has 0 unspecified atom stereocenters. The van der Waals surface area contributed by atoms with Crippen molar-refractivity contribution in [3.05, 3.63) is 35.5 Å². The van der Waals surface area contributed by atoms with Gasteiger partial charge in [0, 0.05) is 18.8 Å². The van der Waals surface area contributed by atoms with Crippen molar-refractivity contribution in [1.82, 2.24) is 20.3 Å². The summed E-state index contributed by atoms with van der Waals surface area (Å²) in [6.45, 7) is 2.64. The lowest BCUT2D eigenvalue weighted by Gasteiger charge is -2.36. The van der Waals surface area contributed by atoms with E-state index < -0.39 is 5.60 Å². The Hall–Kier alpha value is -2.15. The molecular weight excluding hydrogens is 272 g/mol. The molecule has 21 heavy (non-hydrogen) atoms. The molecule has 1 saturated carbocycles. The van der Waals surface area contributed by atoms with Gasteiger partial charge in [-0.15, -0.1) is 0 Å². The van der Waals surface area contributed by atoms with E-state index >= 15 is 0 Å². The molecule has 0 aliphatic heterocycles. The summed E-state index contributed by atoms with van der Waals surface area (Å²) in [7, 11) is 0. The van der Waals surface area contributed by atoms with Crippen molar-refractivity contribution in [2.45, 2.75) is 38.3 Å². The van der Waals surface area contributed by atoms with E-state index in [-0.39, 0.29) is 18.1 Å². The number of carbonyl (C=O) groups is 1. The maximum Gasteiger partial charge on any atom is 0.273 e. The van der Waals surface area contributed by atoms with Crippen LogP contribution in [0.3, 0.4) is 0 Å². The van der Waals surface area contributed by atoms with Crippen molar-refractivity contribution >= 4 is 5.91 Å². The van der Waals surface area contributed by atoms with E-state index in [0.717, 1.165) is 24.8 Å². The smallest absolute Gasteiger partial charge is 0.273 e. The minimum absolute atomic E-state index is 0.219. The first-order valence-corrected chi connectivity index (χ1v) is 6.99. The van der Waals surface area contributed by atoms with Crippen molar-refractivity contribution in [2.75, 3.05) is 6.54 Å². The second-order valence-corrected chi connectivity index (χ2v) is 5.65. The molecule has 112 valence electrons.